The summed E-state index contributed by atoms with van der Waals surface area (Å²) in [5.74, 6) is 0. The average molecular weight is 304 g/mol. The van der Waals surface area contributed by atoms with Gasteiger partial charge in [-0.2, -0.15) is 0 Å². The minimum atomic E-state index is 0. The summed E-state index contributed by atoms with van der Waals surface area (Å²) < 4.78 is 0. The van der Waals surface area contributed by atoms with Crippen molar-refractivity contribution in [2.24, 2.45) is 0 Å². The van der Waals surface area contributed by atoms with E-state index in [1.807, 2.05) is 12.3 Å². The Kier molecular flexibility index (Phi) is 4.43. The normalized spacial score (nSPS) is 25.5. The number of pyridine rings is 1. The van der Waals surface area contributed by atoms with Gasteiger partial charge < -0.3 is 5.32 Å². The van der Waals surface area contributed by atoms with Gasteiger partial charge in [-0.3, -0.25) is 9.88 Å². The smallest absolute Gasteiger partial charge is 0.0702 e. The van der Waals surface area contributed by atoms with Crippen LogP contribution < -0.4 is 5.32 Å². The predicted octanol–water partition coefficient (Wildman–Crippen LogP) is 2.98. The second-order valence-electron chi connectivity index (χ2n) is 6.20. The highest BCUT2D eigenvalue weighted by Crippen LogP contribution is 2.22. The van der Waals surface area contributed by atoms with Crippen LogP contribution in [0.2, 0.25) is 0 Å². The van der Waals surface area contributed by atoms with E-state index in [1.54, 1.807) is 0 Å². The molecule has 0 spiro atoms. The molecule has 2 saturated heterocycles. The molecule has 4 heteroatoms. The van der Waals surface area contributed by atoms with E-state index < -0.39 is 0 Å². The molecule has 3 nitrogen and oxygen atoms in total. The van der Waals surface area contributed by atoms with E-state index in [2.05, 4.69) is 39.5 Å². The number of benzene rings is 1. The maximum absolute atomic E-state index is 4.58. The van der Waals surface area contributed by atoms with E-state index in [0.717, 1.165) is 18.1 Å². The summed E-state index contributed by atoms with van der Waals surface area (Å²) in [5.41, 5.74) is 2.43. The van der Waals surface area contributed by atoms with Gasteiger partial charge in [0.05, 0.1) is 5.52 Å². The maximum atomic E-state index is 4.58. The second kappa shape index (κ2) is 6.30. The molecule has 0 aliphatic carbocycles. The first kappa shape index (κ1) is 14.8. The summed E-state index contributed by atoms with van der Waals surface area (Å²) in [7, 11) is 0. The van der Waals surface area contributed by atoms with Gasteiger partial charge in [-0.25, -0.2) is 0 Å². The van der Waals surface area contributed by atoms with Crippen molar-refractivity contribution in [2.45, 2.75) is 37.9 Å². The highest BCUT2D eigenvalue weighted by atomic mass is 35.5. The van der Waals surface area contributed by atoms with Crippen molar-refractivity contribution in [2.75, 3.05) is 13.1 Å². The van der Waals surface area contributed by atoms with Gasteiger partial charge >= 0.3 is 0 Å². The van der Waals surface area contributed by atoms with Crippen LogP contribution in [-0.2, 0) is 6.54 Å². The van der Waals surface area contributed by atoms with Crippen molar-refractivity contribution < 1.29 is 0 Å². The first-order valence-electron chi connectivity index (χ1n) is 7.69. The van der Waals surface area contributed by atoms with E-state index >= 15 is 0 Å². The number of likely N-dealkylation sites (tertiary alicyclic amines) is 1. The van der Waals surface area contributed by atoms with Crippen LogP contribution in [0.4, 0.5) is 0 Å². The summed E-state index contributed by atoms with van der Waals surface area (Å²) in [6.45, 7) is 3.42. The van der Waals surface area contributed by atoms with E-state index in [9.17, 15) is 0 Å². The number of fused-ring (bicyclic) bond motifs is 3. The fraction of sp³-hybridized carbons (Fsp3) is 0.471. The zero-order chi connectivity index (χ0) is 13.4. The molecule has 1 N–H and O–H groups in total. The first-order chi connectivity index (χ1) is 9.87. The number of para-hydroxylation sites is 1. The third kappa shape index (κ3) is 3.20. The summed E-state index contributed by atoms with van der Waals surface area (Å²) in [4.78, 5) is 7.16. The second-order valence-corrected chi connectivity index (χ2v) is 6.20. The van der Waals surface area contributed by atoms with Gasteiger partial charge in [0, 0.05) is 43.3 Å². The zero-order valence-electron chi connectivity index (χ0n) is 12.2. The van der Waals surface area contributed by atoms with Crippen LogP contribution in [0.1, 0.15) is 24.8 Å². The quantitative estimate of drug-likeness (QED) is 0.924. The maximum Gasteiger partial charge on any atom is 0.0702 e. The van der Waals surface area contributed by atoms with Gasteiger partial charge in [-0.15, -0.1) is 12.4 Å². The molecule has 2 bridgehead atoms. The molecule has 2 aromatic rings. The third-order valence-corrected chi connectivity index (χ3v) is 4.66. The molecule has 0 radical (unpaired) electrons. The lowest BCUT2D eigenvalue weighted by molar-refractivity contribution is 0.251. The topological polar surface area (TPSA) is 28.2 Å². The number of aromatic nitrogens is 1. The van der Waals surface area contributed by atoms with E-state index in [1.165, 1.54) is 43.3 Å². The van der Waals surface area contributed by atoms with Crippen LogP contribution >= 0.6 is 12.4 Å². The Hall–Kier alpha value is -1.16. The molecule has 21 heavy (non-hydrogen) atoms. The van der Waals surface area contributed by atoms with Crippen molar-refractivity contribution in [1.82, 2.24) is 15.2 Å². The highest BCUT2D eigenvalue weighted by molar-refractivity contribution is 5.85. The molecule has 0 amide bonds. The predicted molar refractivity (Wildman–Crippen MR) is 88.8 cm³/mol. The lowest BCUT2D eigenvalue weighted by atomic mass is 10.1. The van der Waals surface area contributed by atoms with E-state index in [-0.39, 0.29) is 12.4 Å². The number of halogens is 1. The minimum absolute atomic E-state index is 0. The third-order valence-electron chi connectivity index (χ3n) is 4.66. The monoisotopic (exact) mass is 303 g/mol. The Labute approximate surface area is 132 Å². The molecular weight excluding hydrogens is 282 g/mol. The van der Waals surface area contributed by atoms with Gasteiger partial charge in [0.15, 0.2) is 0 Å². The number of hydrogen-bond donors (Lipinski definition) is 1. The van der Waals surface area contributed by atoms with Gasteiger partial charge in [-0.1, -0.05) is 18.2 Å². The van der Waals surface area contributed by atoms with Gasteiger partial charge in [0.2, 0.25) is 0 Å². The first-order valence-corrected chi connectivity index (χ1v) is 7.69. The molecular formula is C17H22ClN3. The molecule has 2 unspecified atom stereocenters. The summed E-state index contributed by atoms with van der Waals surface area (Å²) in [6, 6.07) is 12.1. The Morgan fingerprint density at radius 1 is 1.14 bits per heavy atom. The number of rotatable bonds is 2. The Morgan fingerprint density at radius 3 is 2.95 bits per heavy atom. The molecule has 112 valence electrons. The van der Waals surface area contributed by atoms with Crippen LogP contribution in [0.15, 0.2) is 36.5 Å². The van der Waals surface area contributed by atoms with Crippen LogP contribution in [0.3, 0.4) is 0 Å². The zero-order valence-corrected chi connectivity index (χ0v) is 13.0. The largest absolute Gasteiger partial charge is 0.310 e. The standard InChI is InChI=1S/C17H21N3.ClH/c1-2-4-17-14(3-1)9-13(10-18-17)11-20-8-7-15-5-6-16(12-20)19-15;/h1-4,9-10,15-16,19H,5-8,11-12H2;1H. The van der Waals surface area contributed by atoms with Crippen LogP contribution in [0.25, 0.3) is 10.9 Å². The summed E-state index contributed by atoms with van der Waals surface area (Å²) in [6.07, 6.45) is 6.05. The van der Waals surface area contributed by atoms with Crippen molar-refractivity contribution in [3.63, 3.8) is 0 Å². The Bertz CT molecular complexity index is 616. The lowest BCUT2D eigenvalue weighted by Gasteiger charge is -2.23. The fourth-order valence-electron chi connectivity index (χ4n) is 3.62. The molecule has 2 aliphatic heterocycles. The molecule has 2 atom stereocenters. The number of hydrogen-bond acceptors (Lipinski definition) is 3. The van der Waals surface area contributed by atoms with Gasteiger partial charge in [-0.05, 0) is 37.0 Å². The fourth-order valence-corrected chi connectivity index (χ4v) is 3.62. The summed E-state index contributed by atoms with van der Waals surface area (Å²) >= 11 is 0. The lowest BCUT2D eigenvalue weighted by Crippen LogP contribution is -2.34. The Morgan fingerprint density at radius 2 is 2.00 bits per heavy atom. The van der Waals surface area contributed by atoms with Crippen molar-refractivity contribution in [3.8, 4) is 0 Å². The van der Waals surface area contributed by atoms with E-state index in [0.29, 0.717) is 6.04 Å². The SMILES string of the molecule is Cl.c1ccc2ncc(CN3CCC4CCC(C3)N4)cc2c1. The van der Waals surface area contributed by atoms with Crippen LogP contribution in [-0.4, -0.2) is 35.1 Å². The molecule has 4 rings (SSSR count). The average Bonchev–Trinajstić information content (AvgIpc) is 2.81. The molecule has 1 aromatic heterocycles. The molecule has 2 aliphatic rings. The summed E-state index contributed by atoms with van der Waals surface area (Å²) in [5, 5.41) is 4.99. The number of nitrogens with one attached hydrogen (secondary N) is 1. The van der Waals surface area contributed by atoms with E-state index in [4.69, 9.17) is 0 Å². The van der Waals surface area contributed by atoms with Crippen LogP contribution in [0.5, 0.6) is 0 Å². The molecule has 2 fully saturated rings. The Balaban J connectivity index is 0.00000132. The van der Waals surface area contributed by atoms with Gasteiger partial charge in [0.1, 0.15) is 0 Å². The number of nitrogens with zero attached hydrogens (tertiary/aromatic N) is 2. The van der Waals surface area contributed by atoms with Gasteiger partial charge in [0.25, 0.3) is 0 Å². The molecule has 3 heterocycles. The van der Waals surface area contributed by atoms with Crippen LogP contribution in [0, 0.1) is 0 Å². The van der Waals surface area contributed by atoms with Crippen molar-refractivity contribution in [3.05, 3.63) is 42.1 Å². The van der Waals surface area contributed by atoms with Crippen molar-refractivity contribution >= 4 is 23.3 Å². The minimum Gasteiger partial charge on any atom is -0.310 e. The molecule has 1 aromatic carbocycles. The van der Waals surface area contributed by atoms with Crippen molar-refractivity contribution in [1.29, 1.82) is 0 Å². The molecule has 0 saturated carbocycles. The highest BCUT2D eigenvalue weighted by Gasteiger charge is 2.29.